The summed E-state index contributed by atoms with van der Waals surface area (Å²) >= 11 is 0. The fourth-order valence-electron chi connectivity index (χ4n) is 1.95. The summed E-state index contributed by atoms with van der Waals surface area (Å²) in [6, 6.07) is 1.76. The molecule has 1 aromatic heterocycles. The highest BCUT2D eigenvalue weighted by atomic mass is 16.5. The molecule has 1 aliphatic rings. The van der Waals surface area contributed by atoms with Crippen molar-refractivity contribution in [2.24, 2.45) is 5.92 Å². The summed E-state index contributed by atoms with van der Waals surface area (Å²) in [6.07, 6.45) is 3.75. The summed E-state index contributed by atoms with van der Waals surface area (Å²) in [7, 11) is 3.20. The lowest BCUT2D eigenvalue weighted by Gasteiger charge is -2.12. The average Bonchev–Trinajstić information content (AvgIpc) is 3.30. The van der Waals surface area contributed by atoms with E-state index in [2.05, 4.69) is 15.6 Å². The molecule has 20 heavy (non-hydrogen) atoms. The first-order valence-corrected chi connectivity index (χ1v) is 6.80. The Morgan fingerprint density at radius 1 is 1.35 bits per heavy atom. The average molecular weight is 279 g/mol. The number of nitrogens with one attached hydrogen (secondary N) is 2. The van der Waals surface area contributed by atoms with Crippen molar-refractivity contribution in [1.29, 1.82) is 0 Å². The molecule has 0 aromatic carbocycles. The fraction of sp³-hybridized carbons (Fsp3) is 0.571. The second-order valence-electron chi connectivity index (χ2n) is 4.74. The quantitative estimate of drug-likeness (QED) is 0.686. The number of rotatable bonds is 8. The second-order valence-corrected chi connectivity index (χ2v) is 4.74. The number of aromatic nitrogens is 1. The highest BCUT2D eigenvalue weighted by Crippen LogP contribution is 2.29. The van der Waals surface area contributed by atoms with Gasteiger partial charge in [0.25, 0.3) is 0 Å². The zero-order chi connectivity index (χ0) is 14.4. The number of carbonyl (C=O) groups excluding carboxylic acids is 1. The van der Waals surface area contributed by atoms with Gasteiger partial charge in [-0.15, -0.1) is 0 Å². The van der Waals surface area contributed by atoms with Crippen LogP contribution in [0.15, 0.2) is 12.3 Å². The van der Waals surface area contributed by atoms with Crippen LogP contribution in [0.4, 0.5) is 0 Å². The minimum atomic E-state index is 0.170. The van der Waals surface area contributed by atoms with Crippen molar-refractivity contribution in [3.05, 3.63) is 18.0 Å². The largest absolute Gasteiger partial charge is 0.493 e. The van der Waals surface area contributed by atoms with Gasteiger partial charge in [0.1, 0.15) is 0 Å². The van der Waals surface area contributed by atoms with Gasteiger partial charge in [-0.3, -0.25) is 9.78 Å². The predicted molar refractivity (Wildman–Crippen MR) is 74.8 cm³/mol. The van der Waals surface area contributed by atoms with Gasteiger partial charge in [0.05, 0.1) is 19.9 Å². The van der Waals surface area contributed by atoms with Gasteiger partial charge in [-0.2, -0.15) is 0 Å². The van der Waals surface area contributed by atoms with Crippen LogP contribution in [0.5, 0.6) is 11.5 Å². The predicted octanol–water partition coefficient (Wildman–Crippen LogP) is 0.715. The van der Waals surface area contributed by atoms with Crippen molar-refractivity contribution in [3.8, 4) is 11.5 Å². The molecule has 2 N–H and O–H groups in total. The van der Waals surface area contributed by atoms with Gasteiger partial charge in [-0.25, -0.2) is 0 Å². The summed E-state index contributed by atoms with van der Waals surface area (Å²) in [5, 5.41) is 6.13. The van der Waals surface area contributed by atoms with E-state index in [1.54, 1.807) is 26.5 Å². The van der Waals surface area contributed by atoms with Crippen molar-refractivity contribution in [1.82, 2.24) is 15.6 Å². The van der Waals surface area contributed by atoms with Gasteiger partial charge in [0.2, 0.25) is 5.91 Å². The number of carbonyl (C=O) groups is 1. The molecule has 0 radical (unpaired) electrons. The van der Waals surface area contributed by atoms with E-state index in [1.807, 2.05) is 0 Å². The van der Waals surface area contributed by atoms with E-state index in [-0.39, 0.29) is 11.8 Å². The molecule has 0 aliphatic heterocycles. The Balaban J connectivity index is 1.74. The Morgan fingerprint density at radius 3 is 2.80 bits per heavy atom. The number of amides is 1. The summed E-state index contributed by atoms with van der Waals surface area (Å²) in [5.41, 5.74) is 0.792. The zero-order valence-corrected chi connectivity index (χ0v) is 11.9. The molecule has 2 rings (SSSR count). The minimum Gasteiger partial charge on any atom is -0.493 e. The monoisotopic (exact) mass is 279 g/mol. The lowest BCUT2D eigenvalue weighted by atomic mass is 10.3. The molecule has 6 heteroatoms. The highest BCUT2D eigenvalue weighted by Gasteiger charge is 2.28. The highest BCUT2D eigenvalue weighted by molar-refractivity contribution is 5.80. The molecule has 0 saturated heterocycles. The van der Waals surface area contributed by atoms with Crippen LogP contribution >= 0.6 is 0 Å². The van der Waals surface area contributed by atoms with E-state index in [4.69, 9.17) is 9.47 Å². The molecule has 1 heterocycles. The van der Waals surface area contributed by atoms with Gasteiger partial charge in [0.15, 0.2) is 11.5 Å². The van der Waals surface area contributed by atoms with Crippen molar-refractivity contribution in [3.63, 3.8) is 0 Å². The maximum absolute atomic E-state index is 11.4. The summed E-state index contributed by atoms with van der Waals surface area (Å²) < 4.78 is 10.5. The molecule has 6 nitrogen and oxygen atoms in total. The normalized spacial score (nSPS) is 13.9. The van der Waals surface area contributed by atoms with Crippen molar-refractivity contribution in [2.45, 2.75) is 19.4 Å². The third-order valence-corrected chi connectivity index (χ3v) is 3.21. The third-order valence-electron chi connectivity index (χ3n) is 3.21. The molecule has 0 unspecified atom stereocenters. The van der Waals surface area contributed by atoms with Gasteiger partial charge < -0.3 is 20.1 Å². The Morgan fingerprint density at radius 2 is 2.15 bits per heavy atom. The Bertz CT molecular complexity index is 461. The van der Waals surface area contributed by atoms with E-state index in [0.717, 1.165) is 18.5 Å². The maximum Gasteiger partial charge on any atom is 0.223 e. The number of hydrogen-bond acceptors (Lipinski definition) is 5. The van der Waals surface area contributed by atoms with Crippen LogP contribution in [0, 0.1) is 5.92 Å². The number of pyridine rings is 1. The molecule has 1 saturated carbocycles. The lowest BCUT2D eigenvalue weighted by Crippen LogP contribution is -2.32. The van der Waals surface area contributed by atoms with Gasteiger partial charge in [0, 0.05) is 37.8 Å². The molecule has 0 atom stereocenters. The van der Waals surface area contributed by atoms with E-state index >= 15 is 0 Å². The van der Waals surface area contributed by atoms with E-state index in [9.17, 15) is 4.79 Å². The number of hydrogen-bond donors (Lipinski definition) is 2. The van der Waals surface area contributed by atoms with Crippen molar-refractivity contribution < 1.29 is 14.3 Å². The van der Waals surface area contributed by atoms with Gasteiger partial charge in [-0.05, 0) is 12.8 Å². The number of ether oxygens (including phenoxy) is 2. The van der Waals surface area contributed by atoms with Crippen LogP contribution in [-0.2, 0) is 11.3 Å². The Kier molecular flexibility index (Phi) is 5.17. The van der Waals surface area contributed by atoms with Gasteiger partial charge >= 0.3 is 0 Å². The molecular formula is C14H21N3O3. The zero-order valence-electron chi connectivity index (χ0n) is 11.9. The van der Waals surface area contributed by atoms with Crippen molar-refractivity contribution in [2.75, 3.05) is 27.3 Å². The van der Waals surface area contributed by atoms with Crippen molar-refractivity contribution >= 4 is 5.91 Å². The lowest BCUT2D eigenvalue weighted by molar-refractivity contribution is -0.122. The number of methoxy groups -OCH3 is 2. The molecule has 1 aliphatic carbocycles. The first-order chi connectivity index (χ1) is 9.76. The van der Waals surface area contributed by atoms with Crippen LogP contribution in [0.25, 0.3) is 0 Å². The molecule has 0 spiro atoms. The first kappa shape index (κ1) is 14.6. The number of nitrogens with zero attached hydrogens (tertiary/aromatic N) is 1. The minimum absolute atomic E-state index is 0.170. The SMILES string of the molecule is COc1ccnc(CNCCNC(=O)C2CC2)c1OC. The molecule has 1 aromatic rings. The molecule has 1 amide bonds. The topological polar surface area (TPSA) is 72.5 Å². The summed E-state index contributed by atoms with van der Waals surface area (Å²) in [5.74, 6) is 1.74. The molecule has 0 bridgehead atoms. The Hall–Kier alpha value is -1.82. The van der Waals surface area contributed by atoms with Crippen LogP contribution in [0.3, 0.4) is 0 Å². The van der Waals surface area contributed by atoms with Crippen LogP contribution in [-0.4, -0.2) is 38.2 Å². The third kappa shape index (κ3) is 3.84. The second kappa shape index (κ2) is 7.09. The fourth-order valence-corrected chi connectivity index (χ4v) is 1.95. The van der Waals surface area contributed by atoms with E-state index in [0.29, 0.717) is 31.1 Å². The molecule has 110 valence electrons. The smallest absolute Gasteiger partial charge is 0.223 e. The van der Waals surface area contributed by atoms with Crippen LogP contribution in [0.1, 0.15) is 18.5 Å². The summed E-state index contributed by atoms with van der Waals surface area (Å²) in [6.45, 7) is 1.89. The Labute approximate surface area is 118 Å². The molecular weight excluding hydrogens is 258 g/mol. The standard InChI is InChI=1S/C14H21N3O3/c1-19-12-5-6-16-11(13(12)20-2)9-15-7-8-17-14(18)10-3-4-10/h5-6,10,15H,3-4,7-9H2,1-2H3,(H,17,18). The van der Waals surface area contributed by atoms with E-state index < -0.39 is 0 Å². The van der Waals surface area contributed by atoms with E-state index in [1.165, 1.54) is 0 Å². The van der Waals surface area contributed by atoms with Gasteiger partial charge in [-0.1, -0.05) is 0 Å². The van der Waals surface area contributed by atoms with Crippen LogP contribution in [0.2, 0.25) is 0 Å². The first-order valence-electron chi connectivity index (χ1n) is 6.80. The van der Waals surface area contributed by atoms with Crippen LogP contribution < -0.4 is 20.1 Å². The summed E-state index contributed by atoms with van der Waals surface area (Å²) in [4.78, 5) is 15.7. The maximum atomic E-state index is 11.4. The molecule has 1 fully saturated rings.